The normalized spacial score (nSPS) is 17.7. The first-order valence-electron chi connectivity index (χ1n) is 5.95. The Morgan fingerprint density at radius 3 is 2.56 bits per heavy atom. The average molecular weight is 243 g/mol. The molecule has 2 amide bonds. The van der Waals surface area contributed by atoms with Crippen molar-refractivity contribution in [2.75, 3.05) is 4.90 Å². The Balaban J connectivity index is 2.03. The largest absolute Gasteiger partial charge is 0.323 e. The lowest BCUT2D eigenvalue weighted by atomic mass is 9.98. The lowest BCUT2D eigenvalue weighted by Crippen LogP contribution is -2.43. The molecule has 0 radical (unpaired) electrons. The molecule has 92 valence electrons. The summed E-state index contributed by atoms with van der Waals surface area (Å²) in [5.74, 6) is 0.0827. The molecule has 0 atom stereocenters. The van der Waals surface area contributed by atoms with Crippen LogP contribution in [0.25, 0.3) is 11.0 Å². The van der Waals surface area contributed by atoms with Crippen LogP contribution >= 0.6 is 0 Å². The van der Waals surface area contributed by atoms with Crippen LogP contribution < -0.4 is 4.90 Å². The highest BCUT2D eigenvalue weighted by Gasteiger charge is 2.33. The van der Waals surface area contributed by atoms with Crippen molar-refractivity contribution in [2.45, 2.75) is 19.8 Å². The quantitative estimate of drug-likeness (QED) is 0.777. The van der Waals surface area contributed by atoms with E-state index < -0.39 is 0 Å². The van der Waals surface area contributed by atoms with Crippen molar-refractivity contribution in [1.29, 1.82) is 0 Å². The van der Waals surface area contributed by atoms with Crippen LogP contribution in [0.4, 0.5) is 5.95 Å². The van der Waals surface area contributed by atoms with Crippen LogP contribution in [-0.2, 0) is 9.59 Å². The van der Waals surface area contributed by atoms with Crippen molar-refractivity contribution in [1.82, 2.24) is 9.97 Å². The van der Waals surface area contributed by atoms with Crippen molar-refractivity contribution in [2.24, 2.45) is 5.92 Å². The van der Waals surface area contributed by atoms with Gasteiger partial charge in [-0.05, 0) is 18.1 Å². The number of piperidine rings is 1. The Bertz CT molecular complexity index is 581. The summed E-state index contributed by atoms with van der Waals surface area (Å²) in [6.07, 6.45) is 0.783. The van der Waals surface area contributed by atoms with Crippen molar-refractivity contribution in [3.8, 4) is 0 Å². The third-order valence-corrected chi connectivity index (χ3v) is 3.13. The molecule has 2 aromatic rings. The second-order valence-corrected chi connectivity index (χ2v) is 4.71. The predicted molar refractivity (Wildman–Crippen MR) is 67.0 cm³/mol. The monoisotopic (exact) mass is 243 g/mol. The van der Waals surface area contributed by atoms with Crippen molar-refractivity contribution < 1.29 is 9.59 Å². The summed E-state index contributed by atoms with van der Waals surface area (Å²) in [5, 5.41) is 0. The van der Waals surface area contributed by atoms with Gasteiger partial charge >= 0.3 is 0 Å². The number of aromatic nitrogens is 2. The van der Waals surface area contributed by atoms with E-state index in [-0.39, 0.29) is 17.7 Å². The van der Waals surface area contributed by atoms with Gasteiger partial charge in [0, 0.05) is 12.8 Å². The first-order valence-corrected chi connectivity index (χ1v) is 5.95. The van der Waals surface area contributed by atoms with Gasteiger partial charge in [-0.1, -0.05) is 19.1 Å². The number of fused-ring (bicyclic) bond motifs is 1. The zero-order valence-electron chi connectivity index (χ0n) is 10.0. The Morgan fingerprint density at radius 1 is 1.22 bits per heavy atom. The van der Waals surface area contributed by atoms with Crippen molar-refractivity contribution >= 4 is 28.8 Å². The maximum atomic E-state index is 11.9. The first kappa shape index (κ1) is 11.0. The minimum Gasteiger partial charge on any atom is -0.323 e. The summed E-state index contributed by atoms with van der Waals surface area (Å²) >= 11 is 0. The van der Waals surface area contributed by atoms with E-state index in [1.165, 1.54) is 4.90 Å². The number of carbonyl (C=O) groups is 2. The van der Waals surface area contributed by atoms with Gasteiger partial charge in [0.25, 0.3) is 0 Å². The molecule has 1 aromatic heterocycles. The molecule has 0 bridgehead atoms. The molecule has 1 saturated heterocycles. The standard InChI is InChI=1S/C13H13N3O2/c1-8-6-11(17)16(12(18)7-8)13-14-9-4-2-3-5-10(9)15-13/h2-5,8H,6-7H2,1H3,(H,14,15). The average Bonchev–Trinajstić information content (AvgIpc) is 2.70. The van der Waals surface area contributed by atoms with Gasteiger partial charge in [0.15, 0.2) is 0 Å². The van der Waals surface area contributed by atoms with E-state index in [0.29, 0.717) is 18.8 Å². The molecule has 1 fully saturated rings. The number of imidazole rings is 1. The number of nitrogens with zero attached hydrogens (tertiary/aromatic N) is 2. The second-order valence-electron chi connectivity index (χ2n) is 4.71. The van der Waals surface area contributed by atoms with Gasteiger partial charge in [-0.2, -0.15) is 0 Å². The number of H-pyrrole nitrogens is 1. The Labute approximate surface area is 104 Å². The second kappa shape index (κ2) is 3.94. The maximum Gasteiger partial charge on any atom is 0.236 e. The molecule has 1 aromatic carbocycles. The molecule has 0 aliphatic carbocycles. The highest BCUT2D eigenvalue weighted by atomic mass is 16.2. The number of amides is 2. The fourth-order valence-corrected chi connectivity index (χ4v) is 2.27. The number of nitrogens with one attached hydrogen (secondary N) is 1. The topological polar surface area (TPSA) is 66.1 Å². The fraction of sp³-hybridized carbons (Fsp3) is 0.308. The van der Waals surface area contributed by atoms with Crippen LogP contribution in [0.3, 0.4) is 0 Å². The van der Waals surface area contributed by atoms with E-state index in [2.05, 4.69) is 9.97 Å². The molecule has 3 rings (SSSR count). The minimum atomic E-state index is -0.183. The lowest BCUT2D eigenvalue weighted by molar-refractivity contribution is -0.130. The molecular formula is C13H13N3O2. The molecule has 0 unspecified atom stereocenters. The zero-order valence-corrected chi connectivity index (χ0v) is 10.0. The van der Waals surface area contributed by atoms with Gasteiger partial charge in [-0.25, -0.2) is 9.88 Å². The molecular weight excluding hydrogens is 230 g/mol. The Morgan fingerprint density at radius 2 is 1.89 bits per heavy atom. The predicted octanol–water partition coefficient (Wildman–Crippen LogP) is 1.85. The number of hydrogen-bond acceptors (Lipinski definition) is 3. The summed E-state index contributed by atoms with van der Waals surface area (Å²) in [6.45, 7) is 1.91. The van der Waals surface area contributed by atoms with E-state index in [1.807, 2.05) is 31.2 Å². The Kier molecular flexibility index (Phi) is 2.40. The highest BCUT2D eigenvalue weighted by Crippen LogP contribution is 2.24. The summed E-state index contributed by atoms with van der Waals surface area (Å²) in [6, 6.07) is 7.46. The van der Waals surface area contributed by atoms with Gasteiger partial charge in [-0.3, -0.25) is 9.59 Å². The molecule has 0 saturated carbocycles. The summed E-state index contributed by atoms with van der Waals surface area (Å²) in [5.41, 5.74) is 1.58. The summed E-state index contributed by atoms with van der Waals surface area (Å²) in [7, 11) is 0. The highest BCUT2D eigenvalue weighted by molar-refractivity contribution is 6.15. The number of para-hydroxylation sites is 2. The first-order chi connectivity index (χ1) is 8.65. The van der Waals surface area contributed by atoms with E-state index in [0.717, 1.165) is 11.0 Å². The third-order valence-electron chi connectivity index (χ3n) is 3.13. The fourth-order valence-electron chi connectivity index (χ4n) is 2.27. The maximum absolute atomic E-state index is 11.9. The van der Waals surface area contributed by atoms with Crippen molar-refractivity contribution in [3.05, 3.63) is 24.3 Å². The molecule has 1 aliphatic heterocycles. The summed E-state index contributed by atoms with van der Waals surface area (Å²) < 4.78 is 0. The molecule has 1 aliphatic rings. The zero-order chi connectivity index (χ0) is 12.7. The Hall–Kier alpha value is -2.17. The summed E-state index contributed by atoms with van der Waals surface area (Å²) in [4.78, 5) is 32.3. The molecule has 2 heterocycles. The van der Waals surface area contributed by atoms with E-state index in [4.69, 9.17) is 0 Å². The van der Waals surface area contributed by atoms with E-state index >= 15 is 0 Å². The van der Waals surface area contributed by atoms with Crippen LogP contribution in [-0.4, -0.2) is 21.8 Å². The number of aromatic amines is 1. The molecule has 0 spiro atoms. The van der Waals surface area contributed by atoms with Crippen LogP contribution in [0.1, 0.15) is 19.8 Å². The molecule has 5 nitrogen and oxygen atoms in total. The van der Waals surface area contributed by atoms with Crippen molar-refractivity contribution in [3.63, 3.8) is 0 Å². The van der Waals surface area contributed by atoms with Gasteiger partial charge < -0.3 is 4.98 Å². The van der Waals surface area contributed by atoms with Crippen LogP contribution in [0.2, 0.25) is 0 Å². The molecule has 1 N–H and O–H groups in total. The number of imide groups is 1. The number of hydrogen-bond donors (Lipinski definition) is 1. The molecule has 5 heteroatoms. The van der Waals surface area contributed by atoms with Crippen LogP contribution in [0.15, 0.2) is 24.3 Å². The van der Waals surface area contributed by atoms with E-state index in [1.54, 1.807) is 0 Å². The van der Waals surface area contributed by atoms with Gasteiger partial charge in [0.1, 0.15) is 0 Å². The SMILES string of the molecule is CC1CC(=O)N(c2nc3ccccc3[nH]2)C(=O)C1. The molecule has 18 heavy (non-hydrogen) atoms. The van der Waals surface area contributed by atoms with Crippen LogP contribution in [0, 0.1) is 5.92 Å². The minimum absolute atomic E-state index is 0.116. The number of anilines is 1. The van der Waals surface area contributed by atoms with Gasteiger partial charge in [0.05, 0.1) is 11.0 Å². The lowest BCUT2D eigenvalue weighted by Gasteiger charge is -2.25. The smallest absolute Gasteiger partial charge is 0.236 e. The van der Waals surface area contributed by atoms with E-state index in [9.17, 15) is 9.59 Å². The number of carbonyl (C=O) groups excluding carboxylic acids is 2. The number of benzene rings is 1. The number of rotatable bonds is 1. The van der Waals surface area contributed by atoms with Crippen LogP contribution in [0.5, 0.6) is 0 Å². The third kappa shape index (κ3) is 1.68. The van der Waals surface area contributed by atoms with Gasteiger partial charge in [-0.15, -0.1) is 0 Å². The van der Waals surface area contributed by atoms with Gasteiger partial charge in [0.2, 0.25) is 17.8 Å².